The second kappa shape index (κ2) is 18.8. The predicted molar refractivity (Wildman–Crippen MR) is 165 cm³/mol. The highest BCUT2D eigenvalue weighted by molar-refractivity contribution is 5.97. The van der Waals surface area contributed by atoms with Gasteiger partial charge in [-0.25, -0.2) is 4.79 Å². The fraction of sp³-hybridized carbons (Fsp3) is 0.655. The topological polar surface area (TPSA) is 167 Å². The molecule has 0 bridgehead atoms. The van der Waals surface area contributed by atoms with Gasteiger partial charge in [0, 0.05) is 18.0 Å². The van der Waals surface area contributed by atoms with Crippen molar-refractivity contribution in [3.63, 3.8) is 0 Å². The number of carboxylic acids is 1. The number of hydrogen-bond acceptors (Lipinski definition) is 8. The van der Waals surface area contributed by atoms with E-state index in [1.165, 1.54) is 12.1 Å². The van der Waals surface area contributed by atoms with E-state index in [0.717, 1.165) is 77.5 Å². The molecule has 0 aromatic heterocycles. The number of piperidine rings is 2. The van der Waals surface area contributed by atoms with Gasteiger partial charge in [0.15, 0.2) is 11.5 Å². The molecular weight excluding hydrogens is 601 g/mol. The highest BCUT2D eigenvalue weighted by Gasteiger charge is 2.26. The Morgan fingerprint density at radius 3 is 2.02 bits per heavy atom. The molecule has 12 nitrogen and oxygen atoms in total. The number of halogens is 2. The first kappa shape index (κ1) is 36.4. The number of benzene rings is 1. The van der Waals surface area contributed by atoms with Crippen LogP contribution in [0.3, 0.4) is 0 Å². The van der Waals surface area contributed by atoms with Crippen molar-refractivity contribution >= 4 is 48.5 Å². The van der Waals surface area contributed by atoms with Crippen LogP contribution in [-0.4, -0.2) is 80.9 Å². The van der Waals surface area contributed by atoms with Crippen molar-refractivity contribution in [1.82, 2.24) is 26.6 Å². The van der Waals surface area contributed by atoms with Crippen LogP contribution >= 0.6 is 24.8 Å². The SMILES string of the molecule is Cl.Cl.O=C(CNC(=O)C(CCC1CCNCC1)CCC1CCNCC1)NCC(NC(=O)c1ccc2c(c1)OCO2)C(=O)O. The second-order valence-corrected chi connectivity index (χ2v) is 11.2. The predicted octanol–water partition coefficient (Wildman–Crippen LogP) is 1.85. The van der Waals surface area contributed by atoms with E-state index in [2.05, 4.69) is 26.6 Å². The van der Waals surface area contributed by atoms with Crippen LogP contribution in [0.5, 0.6) is 11.5 Å². The quantitative estimate of drug-likeness (QED) is 0.177. The van der Waals surface area contributed by atoms with Crippen LogP contribution in [0.25, 0.3) is 0 Å². The first-order chi connectivity index (χ1) is 19.9. The Balaban J connectivity index is 0.00000323. The lowest BCUT2D eigenvalue weighted by molar-refractivity contribution is -0.139. The van der Waals surface area contributed by atoms with Crippen LogP contribution in [0.15, 0.2) is 18.2 Å². The molecule has 0 radical (unpaired) electrons. The van der Waals surface area contributed by atoms with Gasteiger partial charge >= 0.3 is 5.97 Å². The van der Waals surface area contributed by atoms with Gasteiger partial charge in [0.2, 0.25) is 18.6 Å². The Bertz CT molecular complexity index is 1050. The summed E-state index contributed by atoms with van der Waals surface area (Å²) in [5, 5.41) is 24.0. The van der Waals surface area contributed by atoms with Crippen molar-refractivity contribution in [2.75, 3.05) is 46.1 Å². The molecule has 0 aliphatic carbocycles. The molecule has 3 heterocycles. The van der Waals surface area contributed by atoms with Gasteiger partial charge in [-0.3, -0.25) is 14.4 Å². The molecule has 242 valence electrons. The first-order valence-corrected chi connectivity index (χ1v) is 14.8. The van der Waals surface area contributed by atoms with E-state index >= 15 is 0 Å². The molecule has 6 N–H and O–H groups in total. The van der Waals surface area contributed by atoms with Gasteiger partial charge in [-0.15, -0.1) is 24.8 Å². The highest BCUT2D eigenvalue weighted by Crippen LogP contribution is 2.32. The van der Waals surface area contributed by atoms with E-state index in [1.54, 1.807) is 6.07 Å². The van der Waals surface area contributed by atoms with Crippen molar-refractivity contribution in [3.05, 3.63) is 23.8 Å². The molecule has 4 rings (SSSR count). The minimum atomic E-state index is -1.35. The van der Waals surface area contributed by atoms with Crippen molar-refractivity contribution in [2.45, 2.75) is 57.4 Å². The van der Waals surface area contributed by atoms with Crippen molar-refractivity contribution < 1.29 is 33.8 Å². The maximum Gasteiger partial charge on any atom is 0.328 e. The maximum atomic E-state index is 13.1. The molecule has 3 aliphatic heterocycles. The average Bonchev–Trinajstić information content (AvgIpc) is 3.47. The van der Waals surface area contributed by atoms with Gasteiger partial charge in [0.25, 0.3) is 5.91 Å². The van der Waals surface area contributed by atoms with Crippen molar-refractivity contribution in [2.24, 2.45) is 17.8 Å². The number of hydrogen-bond donors (Lipinski definition) is 6. The number of nitrogens with one attached hydrogen (secondary N) is 5. The molecule has 2 fully saturated rings. The zero-order valence-electron chi connectivity index (χ0n) is 24.4. The molecule has 43 heavy (non-hydrogen) atoms. The third-order valence-corrected chi connectivity index (χ3v) is 8.30. The Morgan fingerprint density at radius 2 is 1.44 bits per heavy atom. The van der Waals surface area contributed by atoms with Crippen LogP contribution < -0.4 is 36.1 Å². The molecule has 3 amide bonds. The zero-order valence-corrected chi connectivity index (χ0v) is 26.0. The summed E-state index contributed by atoms with van der Waals surface area (Å²) in [5.41, 5.74) is 0.208. The van der Waals surface area contributed by atoms with Gasteiger partial charge in [0.1, 0.15) is 6.04 Å². The van der Waals surface area contributed by atoms with Crippen LogP contribution in [0.4, 0.5) is 0 Å². The number of aliphatic carboxylic acids is 1. The number of carbonyl (C=O) groups excluding carboxylic acids is 3. The Morgan fingerprint density at radius 1 is 0.860 bits per heavy atom. The van der Waals surface area contributed by atoms with Gasteiger partial charge < -0.3 is 41.2 Å². The minimum Gasteiger partial charge on any atom is -0.480 e. The highest BCUT2D eigenvalue weighted by atomic mass is 35.5. The lowest BCUT2D eigenvalue weighted by atomic mass is 9.84. The standard InChI is InChI=1S/C29H43N5O7.2ClH/c35-26(32-16-23(29(38)39)34-28(37)22-5-6-24-25(15-22)41-18-40-24)17-33-27(36)21(3-1-19-7-11-30-12-8-19)4-2-20-9-13-31-14-10-20;;/h5-6,15,19-21,23,30-31H,1-4,7-14,16-18H2,(H,32,35)(H,33,36)(H,34,37)(H,38,39);2*1H. The van der Waals surface area contributed by atoms with Crippen molar-refractivity contribution in [3.8, 4) is 11.5 Å². The smallest absolute Gasteiger partial charge is 0.328 e. The van der Waals surface area contributed by atoms with E-state index in [4.69, 9.17) is 9.47 Å². The van der Waals surface area contributed by atoms with Gasteiger partial charge in [0.05, 0.1) is 6.54 Å². The van der Waals surface area contributed by atoms with Crippen molar-refractivity contribution in [1.29, 1.82) is 0 Å². The summed E-state index contributed by atoms with van der Waals surface area (Å²) in [6.45, 7) is 3.55. The summed E-state index contributed by atoms with van der Waals surface area (Å²) >= 11 is 0. The fourth-order valence-corrected chi connectivity index (χ4v) is 5.69. The summed E-state index contributed by atoms with van der Waals surface area (Å²) in [4.78, 5) is 50.0. The molecule has 1 unspecified atom stereocenters. The molecule has 0 saturated carbocycles. The number of amides is 3. The molecule has 1 atom stereocenters. The van der Waals surface area contributed by atoms with Crippen LogP contribution in [-0.2, 0) is 14.4 Å². The third-order valence-electron chi connectivity index (χ3n) is 8.30. The Hall–Kier alpha value is -2.80. The van der Waals surface area contributed by atoms with Crippen LogP contribution in [0.2, 0.25) is 0 Å². The van der Waals surface area contributed by atoms with Gasteiger partial charge in [-0.2, -0.15) is 0 Å². The van der Waals surface area contributed by atoms with Gasteiger partial charge in [-0.1, -0.05) is 0 Å². The van der Waals surface area contributed by atoms with Gasteiger partial charge in [-0.05, 0) is 108 Å². The molecule has 14 heteroatoms. The Kier molecular flexibility index (Phi) is 15.9. The number of carbonyl (C=O) groups is 4. The average molecular weight is 647 g/mol. The van der Waals surface area contributed by atoms with E-state index < -0.39 is 23.8 Å². The number of fused-ring (bicyclic) bond motifs is 1. The largest absolute Gasteiger partial charge is 0.480 e. The summed E-state index contributed by atoms with van der Waals surface area (Å²) in [7, 11) is 0. The molecule has 3 aliphatic rings. The molecule has 0 spiro atoms. The second-order valence-electron chi connectivity index (χ2n) is 11.2. The maximum absolute atomic E-state index is 13.1. The summed E-state index contributed by atoms with van der Waals surface area (Å²) in [6, 6.07) is 3.19. The Labute approximate surface area is 265 Å². The third kappa shape index (κ3) is 11.7. The van der Waals surface area contributed by atoms with E-state index in [0.29, 0.717) is 23.3 Å². The summed E-state index contributed by atoms with van der Waals surface area (Å²) in [5.74, 6) is -0.567. The minimum absolute atomic E-state index is 0. The molecule has 1 aromatic rings. The van der Waals surface area contributed by atoms with E-state index in [1.807, 2.05) is 0 Å². The molecular formula is C29H45Cl2N5O7. The van der Waals surface area contributed by atoms with Crippen LogP contribution in [0.1, 0.15) is 61.7 Å². The molecule has 1 aromatic carbocycles. The monoisotopic (exact) mass is 645 g/mol. The fourth-order valence-electron chi connectivity index (χ4n) is 5.69. The van der Waals surface area contributed by atoms with E-state index in [9.17, 15) is 24.3 Å². The normalized spacial score (nSPS) is 17.2. The summed E-state index contributed by atoms with van der Waals surface area (Å²) in [6.07, 6.45) is 8.11. The number of rotatable bonds is 14. The lowest BCUT2D eigenvalue weighted by Gasteiger charge is -2.27. The zero-order chi connectivity index (χ0) is 29.0. The lowest BCUT2D eigenvalue weighted by Crippen LogP contribution is -2.50. The number of ether oxygens (including phenoxy) is 2. The van der Waals surface area contributed by atoms with Crippen LogP contribution in [0, 0.1) is 17.8 Å². The first-order valence-electron chi connectivity index (χ1n) is 14.8. The number of carboxylic acid groups (broad SMARTS) is 1. The van der Waals surface area contributed by atoms with E-state index in [-0.39, 0.29) is 62.1 Å². The molecule has 2 saturated heterocycles. The summed E-state index contributed by atoms with van der Waals surface area (Å²) < 4.78 is 10.5.